The number of hydrogen-bond acceptors (Lipinski definition) is 5. The van der Waals surface area contributed by atoms with Crippen molar-refractivity contribution in [2.75, 3.05) is 38.2 Å². The molecule has 2 heterocycles. The molecule has 1 aliphatic rings. The Kier molecular flexibility index (Phi) is 7.01. The van der Waals surface area contributed by atoms with E-state index in [-0.39, 0.29) is 24.6 Å². The highest BCUT2D eigenvalue weighted by Crippen LogP contribution is 2.21. The molecule has 0 unspecified atom stereocenters. The number of halogens is 2. The number of aromatic nitrogens is 1. The van der Waals surface area contributed by atoms with Crippen LogP contribution in [0.1, 0.15) is 26.3 Å². The van der Waals surface area contributed by atoms with E-state index in [0.29, 0.717) is 31.0 Å². The van der Waals surface area contributed by atoms with E-state index in [2.05, 4.69) is 10.3 Å². The Bertz CT molecular complexity index is 1180. The molecule has 1 saturated heterocycles. The Labute approximate surface area is 196 Å². The molecule has 176 valence electrons. The smallest absolute Gasteiger partial charge is 0.257 e. The number of hydrogen-bond donors (Lipinski definition) is 1. The van der Waals surface area contributed by atoms with Crippen LogP contribution in [-0.4, -0.2) is 55.0 Å². The van der Waals surface area contributed by atoms with Crippen molar-refractivity contribution in [1.29, 1.82) is 0 Å². The van der Waals surface area contributed by atoms with Crippen LogP contribution >= 0.6 is 0 Å². The van der Waals surface area contributed by atoms with Crippen LogP contribution in [-0.2, 0) is 6.54 Å². The van der Waals surface area contributed by atoms with Gasteiger partial charge in [-0.3, -0.25) is 9.59 Å². The van der Waals surface area contributed by atoms with Crippen LogP contribution in [0.2, 0.25) is 0 Å². The summed E-state index contributed by atoms with van der Waals surface area (Å²) in [6, 6.07) is 14.4. The van der Waals surface area contributed by atoms with Crippen molar-refractivity contribution in [1.82, 2.24) is 15.2 Å². The fraction of sp³-hybridized carbons (Fsp3) is 0.240. The summed E-state index contributed by atoms with van der Waals surface area (Å²) in [6.07, 6.45) is 1.61. The van der Waals surface area contributed by atoms with Crippen LogP contribution < -0.4 is 15.0 Å². The molecule has 1 aliphatic heterocycles. The number of pyridine rings is 1. The van der Waals surface area contributed by atoms with Gasteiger partial charge >= 0.3 is 0 Å². The van der Waals surface area contributed by atoms with Crippen molar-refractivity contribution in [3.8, 4) is 5.75 Å². The lowest BCUT2D eigenvalue weighted by Crippen LogP contribution is -2.49. The van der Waals surface area contributed by atoms with Crippen LogP contribution in [0.3, 0.4) is 0 Å². The third kappa shape index (κ3) is 4.98. The molecule has 1 fully saturated rings. The van der Waals surface area contributed by atoms with Crippen molar-refractivity contribution in [3.05, 3.63) is 89.1 Å². The fourth-order valence-electron chi connectivity index (χ4n) is 3.81. The highest BCUT2D eigenvalue weighted by Gasteiger charge is 2.27. The second-order valence-corrected chi connectivity index (χ2v) is 7.79. The highest BCUT2D eigenvalue weighted by molar-refractivity contribution is 5.99. The van der Waals surface area contributed by atoms with Crippen molar-refractivity contribution >= 4 is 17.6 Å². The first-order chi connectivity index (χ1) is 16.5. The zero-order chi connectivity index (χ0) is 24.1. The van der Waals surface area contributed by atoms with Gasteiger partial charge in [0.25, 0.3) is 11.8 Å². The monoisotopic (exact) mass is 466 g/mol. The molecular formula is C25H24F2N4O3. The van der Waals surface area contributed by atoms with Crippen LogP contribution in [0.25, 0.3) is 0 Å². The van der Waals surface area contributed by atoms with E-state index in [0.717, 1.165) is 17.4 Å². The molecule has 0 atom stereocenters. The zero-order valence-electron chi connectivity index (χ0n) is 18.6. The number of ether oxygens (including phenoxy) is 1. The summed E-state index contributed by atoms with van der Waals surface area (Å²) >= 11 is 0. The molecule has 9 heteroatoms. The number of carbonyl (C=O) groups is 2. The van der Waals surface area contributed by atoms with Gasteiger partial charge in [-0.1, -0.05) is 18.2 Å². The number of nitrogens with one attached hydrogen (secondary N) is 1. The largest absolute Gasteiger partial charge is 0.497 e. The summed E-state index contributed by atoms with van der Waals surface area (Å²) < 4.78 is 32.7. The average molecular weight is 466 g/mol. The minimum absolute atomic E-state index is 0.265. The van der Waals surface area contributed by atoms with E-state index in [4.69, 9.17) is 4.74 Å². The number of rotatable bonds is 6. The Morgan fingerprint density at radius 1 is 0.971 bits per heavy atom. The van der Waals surface area contributed by atoms with Crippen molar-refractivity contribution in [2.24, 2.45) is 0 Å². The molecule has 3 aromatic rings. The average Bonchev–Trinajstić information content (AvgIpc) is 2.89. The maximum absolute atomic E-state index is 14.0. The van der Waals surface area contributed by atoms with Crippen LogP contribution in [0, 0.1) is 11.6 Å². The lowest BCUT2D eigenvalue weighted by Gasteiger charge is -2.36. The van der Waals surface area contributed by atoms with Gasteiger partial charge in [0.1, 0.15) is 11.6 Å². The lowest BCUT2D eigenvalue weighted by atomic mass is 10.1. The Hall–Kier alpha value is -4.01. The summed E-state index contributed by atoms with van der Waals surface area (Å²) in [6.45, 7) is 1.73. The maximum atomic E-state index is 14.0. The lowest BCUT2D eigenvalue weighted by molar-refractivity contribution is 0.0739. The second kappa shape index (κ2) is 10.3. The van der Waals surface area contributed by atoms with E-state index >= 15 is 0 Å². The molecule has 0 spiro atoms. The number of nitrogens with zero attached hydrogens (tertiary/aromatic N) is 3. The number of anilines is 1. The van der Waals surface area contributed by atoms with Gasteiger partial charge in [0, 0.05) is 38.9 Å². The van der Waals surface area contributed by atoms with E-state index in [1.54, 1.807) is 25.4 Å². The normalized spacial score (nSPS) is 13.5. The zero-order valence-corrected chi connectivity index (χ0v) is 18.6. The molecule has 1 N–H and O–H groups in total. The van der Waals surface area contributed by atoms with Gasteiger partial charge < -0.3 is 19.9 Å². The standard InChI is InChI=1S/C25H24F2N4O3/c1-34-18-9-7-17(8-10-18)16-29-24(32)20-5-3-11-28-23(20)30-12-14-31(15-13-30)25(33)19-4-2-6-21(26)22(19)27/h2-11H,12-16H2,1H3,(H,29,32). The number of methoxy groups -OCH3 is 1. The maximum Gasteiger partial charge on any atom is 0.257 e. The van der Waals surface area contributed by atoms with E-state index in [1.165, 1.54) is 17.0 Å². The van der Waals surface area contributed by atoms with Gasteiger partial charge in [-0.2, -0.15) is 0 Å². The van der Waals surface area contributed by atoms with Crippen LogP contribution in [0.15, 0.2) is 60.8 Å². The number of benzene rings is 2. The summed E-state index contributed by atoms with van der Waals surface area (Å²) in [5.41, 5.74) is 1.06. The van der Waals surface area contributed by atoms with Crippen molar-refractivity contribution < 1.29 is 23.1 Å². The third-order valence-corrected chi connectivity index (χ3v) is 5.69. The number of amides is 2. The molecule has 0 bridgehead atoms. The molecular weight excluding hydrogens is 442 g/mol. The quantitative estimate of drug-likeness (QED) is 0.604. The first-order valence-corrected chi connectivity index (χ1v) is 10.8. The molecule has 4 rings (SSSR count). The molecule has 2 amide bonds. The summed E-state index contributed by atoms with van der Waals surface area (Å²) in [5.74, 6) is -1.77. The minimum Gasteiger partial charge on any atom is -0.497 e. The predicted octanol–water partition coefficient (Wildman–Crippen LogP) is 3.26. The van der Waals surface area contributed by atoms with Crippen molar-refractivity contribution in [3.63, 3.8) is 0 Å². The molecule has 7 nitrogen and oxygen atoms in total. The first kappa shape index (κ1) is 23.2. The fourth-order valence-corrected chi connectivity index (χ4v) is 3.81. The molecule has 0 radical (unpaired) electrons. The van der Waals surface area contributed by atoms with Gasteiger partial charge in [-0.05, 0) is 42.0 Å². The highest BCUT2D eigenvalue weighted by atomic mass is 19.2. The molecule has 34 heavy (non-hydrogen) atoms. The number of carbonyl (C=O) groups excluding carboxylic acids is 2. The first-order valence-electron chi connectivity index (χ1n) is 10.8. The van der Waals surface area contributed by atoms with Crippen LogP contribution in [0.4, 0.5) is 14.6 Å². The van der Waals surface area contributed by atoms with E-state index < -0.39 is 17.5 Å². The van der Waals surface area contributed by atoms with Gasteiger partial charge in [0.15, 0.2) is 11.6 Å². The minimum atomic E-state index is -1.14. The Morgan fingerprint density at radius 3 is 2.38 bits per heavy atom. The predicted molar refractivity (Wildman–Crippen MR) is 123 cm³/mol. The Morgan fingerprint density at radius 2 is 1.68 bits per heavy atom. The third-order valence-electron chi connectivity index (χ3n) is 5.69. The molecule has 0 saturated carbocycles. The number of piperazine rings is 1. The van der Waals surface area contributed by atoms with E-state index in [1.807, 2.05) is 29.2 Å². The topological polar surface area (TPSA) is 74.8 Å². The van der Waals surface area contributed by atoms with Crippen molar-refractivity contribution in [2.45, 2.75) is 6.54 Å². The van der Waals surface area contributed by atoms with Gasteiger partial charge in [-0.25, -0.2) is 13.8 Å². The van der Waals surface area contributed by atoms with E-state index in [9.17, 15) is 18.4 Å². The van der Waals surface area contributed by atoms with Gasteiger partial charge in [0.05, 0.1) is 18.2 Å². The molecule has 2 aromatic carbocycles. The van der Waals surface area contributed by atoms with Gasteiger partial charge in [0.2, 0.25) is 0 Å². The van der Waals surface area contributed by atoms with Gasteiger partial charge in [-0.15, -0.1) is 0 Å². The molecule has 0 aliphatic carbocycles. The SMILES string of the molecule is COc1ccc(CNC(=O)c2cccnc2N2CCN(C(=O)c3cccc(F)c3F)CC2)cc1. The summed E-state index contributed by atoms with van der Waals surface area (Å²) in [4.78, 5) is 33.3. The summed E-state index contributed by atoms with van der Waals surface area (Å²) in [5, 5.41) is 2.90. The molecule has 1 aromatic heterocycles. The summed E-state index contributed by atoms with van der Waals surface area (Å²) in [7, 11) is 1.59. The Balaban J connectivity index is 1.40. The second-order valence-electron chi connectivity index (χ2n) is 7.79. The van der Waals surface area contributed by atoms with Crippen LogP contribution in [0.5, 0.6) is 5.75 Å².